The molecule has 0 amide bonds. The molecule has 1 aromatic carbocycles. The van der Waals surface area contributed by atoms with Crippen molar-refractivity contribution in [2.75, 3.05) is 13.2 Å². The predicted molar refractivity (Wildman–Crippen MR) is 81.6 cm³/mol. The molecule has 0 spiro atoms. The van der Waals surface area contributed by atoms with Crippen LogP contribution >= 0.6 is 19.4 Å². The van der Waals surface area contributed by atoms with Crippen LogP contribution in [0.5, 0.6) is 0 Å². The Kier molecular flexibility index (Phi) is 7.52. The van der Waals surface area contributed by atoms with Gasteiger partial charge in [0.15, 0.2) is 0 Å². The van der Waals surface area contributed by atoms with Gasteiger partial charge in [0.05, 0.1) is 13.2 Å². The minimum absolute atomic E-state index is 0.137. The third-order valence-corrected chi connectivity index (χ3v) is 5.69. The highest BCUT2D eigenvalue weighted by atomic mass is 32.2. The average molecular weight is 318 g/mol. The van der Waals surface area contributed by atoms with Crippen LogP contribution in [0.25, 0.3) is 0 Å². The molecule has 0 aliphatic rings. The Bertz CT molecular complexity index is 480. The van der Waals surface area contributed by atoms with Gasteiger partial charge in [-0.05, 0) is 32.4 Å². The van der Waals surface area contributed by atoms with Crippen molar-refractivity contribution in [2.45, 2.75) is 32.1 Å². The molecule has 0 radical (unpaired) electrons. The lowest BCUT2D eigenvalue weighted by molar-refractivity contribution is 0.219. The van der Waals surface area contributed by atoms with E-state index in [1.807, 2.05) is 37.3 Å². The van der Waals surface area contributed by atoms with Crippen molar-refractivity contribution in [3.8, 4) is 0 Å². The summed E-state index contributed by atoms with van der Waals surface area (Å²) in [4.78, 5) is 1.26. The molecule has 0 aromatic heterocycles. The number of benzene rings is 1. The highest BCUT2D eigenvalue weighted by Crippen LogP contribution is 2.59. The van der Waals surface area contributed by atoms with Crippen LogP contribution in [0.15, 0.2) is 45.7 Å². The zero-order valence-corrected chi connectivity index (χ0v) is 13.7. The third-order valence-electron chi connectivity index (χ3n) is 2.37. The van der Waals surface area contributed by atoms with Gasteiger partial charge in [0.2, 0.25) is 5.57 Å². The molecular weight excluding hydrogens is 298 g/mol. The van der Waals surface area contributed by atoms with E-state index in [2.05, 4.69) is 0 Å². The Morgan fingerprint density at radius 3 is 2.15 bits per heavy atom. The first-order chi connectivity index (χ1) is 9.57. The second-order valence-corrected chi connectivity index (χ2v) is 6.89. The van der Waals surface area contributed by atoms with E-state index in [1.54, 1.807) is 13.8 Å². The smallest absolute Gasteiger partial charge is 0.304 e. The van der Waals surface area contributed by atoms with Crippen molar-refractivity contribution in [1.29, 1.82) is 0 Å². The number of halogens is 1. The second kappa shape index (κ2) is 8.63. The molecule has 20 heavy (non-hydrogen) atoms. The van der Waals surface area contributed by atoms with Crippen LogP contribution in [-0.2, 0) is 13.6 Å². The maximum Gasteiger partial charge on any atom is 0.390 e. The SMILES string of the molecule is CCOP(=O)(OCC)/C(F)=C(/CC)Sc1ccccc1. The first-order valence-corrected chi connectivity index (χ1v) is 8.94. The highest BCUT2D eigenvalue weighted by Gasteiger charge is 2.33. The lowest BCUT2D eigenvalue weighted by Gasteiger charge is -2.17. The van der Waals surface area contributed by atoms with Crippen molar-refractivity contribution in [2.24, 2.45) is 0 Å². The van der Waals surface area contributed by atoms with Gasteiger partial charge in [-0.1, -0.05) is 36.9 Å². The first kappa shape index (κ1) is 17.4. The molecule has 0 unspecified atom stereocenters. The van der Waals surface area contributed by atoms with Gasteiger partial charge in [-0.25, -0.2) is 0 Å². The Hall–Kier alpha value is -0.610. The lowest BCUT2D eigenvalue weighted by Crippen LogP contribution is -1.98. The summed E-state index contributed by atoms with van der Waals surface area (Å²) < 4.78 is 37.0. The summed E-state index contributed by atoms with van der Waals surface area (Å²) in [5.74, 6) is 0. The summed E-state index contributed by atoms with van der Waals surface area (Å²) in [7, 11) is -3.83. The fourth-order valence-electron chi connectivity index (χ4n) is 1.53. The molecule has 3 nitrogen and oxygen atoms in total. The molecule has 0 fully saturated rings. The van der Waals surface area contributed by atoms with Gasteiger partial charge in [-0.3, -0.25) is 4.57 Å². The Morgan fingerprint density at radius 1 is 1.15 bits per heavy atom. The Balaban J connectivity index is 3.06. The van der Waals surface area contributed by atoms with Gasteiger partial charge in [0.25, 0.3) is 0 Å². The quantitative estimate of drug-likeness (QED) is 0.462. The zero-order chi connectivity index (χ0) is 15.0. The molecule has 0 saturated carbocycles. The zero-order valence-electron chi connectivity index (χ0n) is 12.0. The molecular formula is C14H20FO3PS. The largest absolute Gasteiger partial charge is 0.390 e. The molecule has 0 bridgehead atoms. The van der Waals surface area contributed by atoms with Crippen LogP contribution < -0.4 is 0 Å². The van der Waals surface area contributed by atoms with E-state index >= 15 is 0 Å². The number of thioether (sulfide) groups is 1. The van der Waals surface area contributed by atoms with Crippen molar-refractivity contribution in [3.63, 3.8) is 0 Å². The van der Waals surface area contributed by atoms with Gasteiger partial charge in [0, 0.05) is 9.80 Å². The Morgan fingerprint density at radius 2 is 1.70 bits per heavy atom. The van der Waals surface area contributed by atoms with E-state index in [4.69, 9.17) is 9.05 Å². The third kappa shape index (κ3) is 4.74. The van der Waals surface area contributed by atoms with Gasteiger partial charge >= 0.3 is 7.60 Å². The summed E-state index contributed by atoms with van der Waals surface area (Å²) in [6.45, 7) is 5.41. The summed E-state index contributed by atoms with van der Waals surface area (Å²) >= 11 is 1.25. The van der Waals surface area contributed by atoms with E-state index in [-0.39, 0.29) is 13.2 Å². The van der Waals surface area contributed by atoms with Gasteiger partial charge in [-0.2, -0.15) is 4.39 Å². The first-order valence-electron chi connectivity index (χ1n) is 6.58. The lowest BCUT2D eigenvalue weighted by atomic mass is 10.4. The van der Waals surface area contributed by atoms with Crippen molar-refractivity contribution >= 4 is 19.4 Å². The van der Waals surface area contributed by atoms with Crippen molar-refractivity contribution in [1.82, 2.24) is 0 Å². The molecule has 0 N–H and O–H groups in total. The van der Waals surface area contributed by atoms with E-state index in [1.165, 1.54) is 11.8 Å². The number of hydrogen-bond donors (Lipinski definition) is 0. The summed E-state index contributed by atoms with van der Waals surface area (Å²) in [5, 5.41) is 0. The predicted octanol–water partition coefficient (Wildman–Crippen LogP) is 5.59. The van der Waals surface area contributed by atoms with Crippen LogP contribution in [0.1, 0.15) is 27.2 Å². The average Bonchev–Trinajstić information content (AvgIpc) is 2.45. The van der Waals surface area contributed by atoms with Crippen LogP contribution in [0.3, 0.4) is 0 Å². The maximum atomic E-state index is 14.5. The van der Waals surface area contributed by atoms with Crippen molar-refractivity contribution in [3.05, 3.63) is 40.8 Å². The normalized spacial score (nSPS) is 13.2. The van der Waals surface area contributed by atoms with E-state index in [0.29, 0.717) is 11.3 Å². The fraction of sp³-hybridized carbons (Fsp3) is 0.429. The minimum atomic E-state index is -3.83. The van der Waals surface area contributed by atoms with Gasteiger partial charge in [0.1, 0.15) is 0 Å². The van der Waals surface area contributed by atoms with Crippen LogP contribution in [0, 0.1) is 0 Å². The molecule has 1 aromatic rings. The monoisotopic (exact) mass is 318 g/mol. The van der Waals surface area contributed by atoms with Gasteiger partial charge < -0.3 is 9.05 Å². The van der Waals surface area contributed by atoms with Crippen LogP contribution in [0.2, 0.25) is 0 Å². The van der Waals surface area contributed by atoms with E-state index in [9.17, 15) is 8.96 Å². The molecule has 6 heteroatoms. The molecule has 0 aliphatic carbocycles. The molecule has 112 valence electrons. The standard InChI is InChI=1S/C14H20FO3PS/c1-4-13(20-12-10-8-7-9-11-12)14(15)19(16,17-5-2)18-6-3/h7-11H,4-6H2,1-3H3/b14-13-. The molecule has 0 aliphatic heterocycles. The molecule has 0 atom stereocenters. The second-order valence-electron chi connectivity index (χ2n) is 3.82. The van der Waals surface area contributed by atoms with Crippen molar-refractivity contribution < 1.29 is 18.0 Å². The summed E-state index contributed by atoms with van der Waals surface area (Å²) in [6.07, 6.45) is 0.426. The van der Waals surface area contributed by atoms with Crippen LogP contribution in [-0.4, -0.2) is 13.2 Å². The molecule has 1 rings (SSSR count). The van der Waals surface area contributed by atoms with Gasteiger partial charge in [-0.15, -0.1) is 0 Å². The Labute approximate surface area is 124 Å². The topological polar surface area (TPSA) is 35.5 Å². The summed E-state index contributed by atoms with van der Waals surface area (Å²) in [5.41, 5.74) is -0.780. The highest BCUT2D eigenvalue weighted by molar-refractivity contribution is 8.03. The number of hydrogen-bond acceptors (Lipinski definition) is 4. The molecule has 0 saturated heterocycles. The summed E-state index contributed by atoms with van der Waals surface area (Å²) in [6, 6.07) is 9.39. The van der Waals surface area contributed by atoms with E-state index in [0.717, 1.165) is 4.90 Å². The number of rotatable bonds is 8. The number of allylic oxidation sites excluding steroid dienone is 1. The maximum absolute atomic E-state index is 14.5. The fourth-order valence-corrected chi connectivity index (χ4v) is 4.26. The van der Waals surface area contributed by atoms with E-state index < -0.39 is 13.2 Å². The minimum Gasteiger partial charge on any atom is -0.304 e. The molecule has 0 heterocycles. The van der Waals surface area contributed by atoms with Crippen LogP contribution in [0.4, 0.5) is 4.39 Å².